The van der Waals surface area contributed by atoms with Crippen molar-refractivity contribution in [3.8, 4) is 0 Å². The van der Waals surface area contributed by atoms with Gasteiger partial charge in [-0.05, 0) is 51.0 Å². The quantitative estimate of drug-likeness (QED) is 0.601. The average molecular weight is 258 g/mol. The summed E-state index contributed by atoms with van der Waals surface area (Å²) in [5.74, 6) is 0.450. The second kappa shape index (κ2) is 6.55. The van der Waals surface area contributed by atoms with Crippen LogP contribution in [0.1, 0.15) is 49.7 Å². The Kier molecular flexibility index (Phi) is 4.78. The first-order chi connectivity index (χ1) is 9.19. The van der Waals surface area contributed by atoms with Gasteiger partial charge in [-0.3, -0.25) is 0 Å². The molecule has 1 aliphatic rings. The number of ether oxygens (including phenoxy) is 1. The van der Waals surface area contributed by atoms with E-state index in [1.807, 2.05) is 6.92 Å². The van der Waals surface area contributed by atoms with Gasteiger partial charge in [0.15, 0.2) is 0 Å². The van der Waals surface area contributed by atoms with E-state index in [4.69, 9.17) is 4.74 Å². The summed E-state index contributed by atoms with van der Waals surface area (Å²) < 4.78 is 4.95. The molecular formula is C17H22O2. The van der Waals surface area contributed by atoms with Gasteiger partial charge in [0, 0.05) is 6.08 Å². The van der Waals surface area contributed by atoms with E-state index in [2.05, 4.69) is 31.2 Å². The minimum absolute atomic E-state index is 0.189. The molecule has 0 bridgehead atoms. The highest BCUT2D eigenvalue weighted by Crippen LogP contribution is 2.35. The molecule has 1 aromatic rings. The van der Waals surface area contributed by atoms with Crippen molar-refractivity contribution < 1.29 is 9.53 Å². The second-order valence-corrected chi connectivity index (χ2v) is 5.24. The number of carbonyl (C=O) groups excluding carboxylic acids is 1. The van der Waals surface area contributed by atoms with Gasteiger partial charge >= 0.3 is 5.97 Å². The van der Waals surface area contributed by atoms with Gasteiger partial charge in [-0.25, -0.2) is 4.79 Å². The molecule has 0 aliphatic heterocycles. The van der Waals surface area contributed by atoms with Gasteiger partial charge in [0.25, 0.3) is 0 Å². The molecule has 19 heavy (non-hydrogen) atoms. The van der Waals surface area contributed by atoms with Crippen LogP contribution in [0, 0.1) is 6.92 Å². The molecule has 0 amide bonds. The number of allylic oxidation sites excluding steroid dienone is 1. The smallest absolute Gasteiger partial charge is 0.330 e. The summed E-state index contributed by atoms with van der Waals surface area (Å²) in [5.41, 5.74) is 3.98. The molecule has 1 aliphatic carbocycles. The molecule has 0 heterocycles. The van der Waals surface area contributed by atoms with Gasteiger partial charge in [-0.2, -0.15) is 0 Å². The van der Waals surface area contributed by atoms with Crippen molar-refractivity contribution in [2.45, 2.75) is 45.4 Å². The van der Waals surface area contributed by atoms with Crippen LogP contribution in [0.2, 0.25) is 0 Å². The maximum atomic E-state index is 11.4. The normalized spacial score (nSPS) is 19.1. The molecule has 0 unspecified atom stereocenters. The molecule has 1 fully saturated rings. The number of hydrogen-bond donors (Lipinski definition) is 0. The Hall–Kier alpha value is -1.57. The van der Waals surface area contributed by atoms with Crippen molar-refractivity contribution in [2.24, 2.45) is 0 Å². The van der Waals surface area contributed by atoms with Crippen LogP contribution in [0.15, 0.2) is 35.9 Å². The molecule has 0 radical (unpaired) electrons. The first-order valence-electron chi connectivity index (χ1n) is 7.12. The van der Waals surface area contributed by atoms with Crippen molar-refractivity contribution in [2.75, 3.05) is 6.61 Å². The Bertz CT molecular complexity index is 447. The number of hydrogen-bond acceptors (Lipinski definition) is 2. The van der Waals surface area contributed by atoms with E-state index in [0.717, 1.165) is 25.7 Å². The van der Waals surface area contributed by atoms with Crippen LogP contribution in [0.25, 0.3) is 0 Å². The Morgan fingerprint density at radius 3 is 2.47 bits per heavy atom. The third-order valence-corrected chi connectivity index (χ3v) is 3.79. The zero-order chi connectivity index (χ0) is 13.7. The van der Waals surface area contributed by atoms with Crippen LogP contribution in [-0.2, 0) is 9.53 Å². The molecule has 1 saturated carbocycles. The monoisotopic (exact) mass is 258 g/mol. The fourth-order valence-corrected chi connectivity index (χ4v) is 2.66. The minimum Gasteiger partial charge on any atom is -0.463 e. The highest BCUT2D eigenvalue weighted by atomic mass is 16.5. The van der Waals surface area contributed by atoms with E-state index in [1.54, 1.807) is 6.08 Å². The minimum atomic E-state index is -0.189. The molecule has 2 nitrogen and oxygen atoms in total. The van der Waals surface area contributed by atoms with Gasteiger partial charge in [0.2, 0.25) is 0 Å². The molecule has 2 rings (SSSR count). The summed E-state index contributed by atoms with van der Waals surface area (Å²) in [5, 5.41) is 0. The maximum Gasteiger partial charge on any atom is 0.330 e. The molecular weight excluding hydrogens is 236 g/mol. The van der Waals surface area contributed by atoms with E-state index in [1.165, 1.54) is 16.7 Å². The van der Waals surface area contributed by atoms with Crippen molar-refractivity contribution >= 4 is 5.97 Å². The van der Waals surface area contributed by atoms with Crippen molar-refractivity contribution in [3.63, 3.8) is 0 Å². The zero-order valence-corrected chi connectivity index (χ0v) is 11.8. The molecule has 0 aromatic heterocycles. The third-order valence-electron chi connectivity index (χ3n) is 3.79. The predicted octanol–water partition coefficient (Wildman–Crippen LogP) is 4.14. The maximum absolute atomic E-state index is 11.4. The van der Waals surface area contributed by atoms with Gasteiger partial charge in [-0.1, -0.05) is 35.4 Å². The number of rotatable bonds is 3. The molecule has 0 N–H and O–H groups in total. The van der Waals surface area contributed by atoms with Crippen LogP contribution in [0.4, 0.5) is 0 Å². The SMILES string of the molecule is CCOC(=O)C=C1CCC(c2ccc(C)cc2)CC1. The van der Waals surface area contributed by atoms with Crippen LogP contribution in [0.5, 0.6) is 0 Å². The van der Waals surface area contributed by atoms with Gasteiger partial charge < -0.3 is 4.74 Å². The summed E-state index contributed by atoms with van der Waals surface area (Å²) in [6.45, 7) is 4.41. The number of aryl methyl sites for hydroxylation is 1. The lowest BCUT2D eigenvalue weighted by Crippen LogP contribution is -2.09. The summed E-state index contributed by atoms with van der Waals surface area (Å²) >= 11 is 0. The van der Waals surface area contributed by atoms with Gasteiger partial charge in [0.05, 0.1) is 6.61 Å². The Morgan fingerprint density at radius 1 is 1.26 bits per heavy atom. The van der Waals surface area contributed by atoms with Crippen molar-refractivity contribution in [3.05, 3.63) is 47.0 Å². The van der Waals surface area contributed by atoms with E-state index >= 15 is 0 Å². The average Bonchev–Trinajstić information content (AvgIpc) is 2.41. The lowest BCUT2D eigenvalue weighted by molar-refractivity contribution is -0.137. The van der Waals surface area contributed by atoms with E-state index in [0.29, 0.717) is 12.5 Å². The first-order valence-corrected chi connectivity index (χ1v) is 7.12. The summed E-state index contributed by atoms with van der Waals surface area (Å²) in [4.78, 5) is 11.4. The lowest BCUT2D eigenvalue weighted by Gasteiger charge is -2.24. The Morgan fingerprint density at radius 2 is 1.89 bits per heavy atom. The van der Waals surface area contributed by atoms with E-state index in [9.17, 15) is 4.79 Å². The topological polar surface area (TPSA) is 26.3 Å². The molecule has 0 saturated heterocycles. The summed E-state index contributed by atoms with van der Waals surface area (Å²) in [7, 11) is 0. The zero-order valence-electron chi connectivity index (χ0n) is 11.8. The van der Waals surface area contributed by atoms with Crippen LogP contribution in [0.3, 0.4) is 0 Å². The van der Waals surface area contributed by atoms with Crippen molar-refractivity contribution in [1.82, 2.24) is 0 Å². The fraction of sp³-hybridized carbons (Fsp3) is 0.471. The number of benzene rings is 1. The number of esters is 1. The van der Waals surface area contributed by atoms with Crippen LogP contribution < -0.4 is 0 Å². The van der Waals surface area contributed by atoms with E-state index in [-0.39, 0.29) is 5.97 Å². The first kappa shape index (κ1) is 13.9. The molecule has 2 heteroatoms. The second-order valence-electron chi connectivity index (χ2n) is 5.24. The van der Waals surface area contributed by atoms with Crippen LogP contribution in [-0.4, -0.2) is 12.6 Å². The predicted molar refractivity (Wildman–Crippen MR) is 77.1 cm³/mol. The Labute approximate surface area is 115 Å². The highest BCUT2D eigenvalue weighted by molar-refractivity contribution is 5.82. The number of carbonyl (C=O) groups is 1. The largest absolute Gasteiger partial charge is 0.463 e. The van der Waals surface area contributed by atoms with E-state index < -0.39 is 0 Å². The summed E-state index contributed by atoms with van der Waals surface area (Å²) in [6.07, 6.45) is 5.98. The Balaban J connectivity index is 1.92. The van der Waals surface area contributed by atoms with Gasteiger partial charge in [0.1, 0.15) is 0 Å². The van der Waals surface area contributed by atoms with Crippen LogP contribution >= 0.6 is 0 Å². The third kappa shape index (κ3) is 3.95. The molecule has 0 spiro atoms. The molecule has 102 valence electrons. The van der Waals surface area contributed by atoms with Crippen molar-refractivity contribution in [1.29, 1.82) is 0 Å². The lowest BCUT2D eigenvalue weighted by atomic mass is 9.81. The summed E-state index contributed by atoms with van der Waals surface area (Å²) in [6, 6.07) is 8.83. The highest BCUT2D eigenvalue weighted by Gasteiger charge is 2.18. The van der Waals surface area contributed by atoms with Gasteiger partial charge in [-0.15, -0.1) is 0 Å². The standard InChI is InChI=1S/C17H22O2/c1-3-19-17(18)12-14-6-10-16(11-7-14)15-8-4-13(2)5-9-15/h4-5,8-9,12,16H,3,6-7,10-11H2,1-2H3. The molecule has 0 atom stereocenters. The fourth-order valence-electron chi connectivity index (χ4n) is 2.66. The molecule has 1 aromatic carbocycles.